The molecule has 12 heteroatoms. The molecule has 0 spiro atoms. The Labute approximate surface area is 188 Å². The number of amides is 2. The molecule has 7 nitrogen and oxygen atoms in total. The van der Waals surface area contributed by atoms with Crippen LogP contribution < -0.4 is 10.7 Å². The van der Waals surface area contributed by atoms with E-state index in [1.807, 2.05) is 0 Å². The highest BCUT2D eigenvalue weighted by molar-refractivity contribution is 6.30. The number of carbonyl (C=O) groups is 2. The minimum Gasteiger partial charge on any atom is -0.503 e. The Morgan fingerprint density at radius 1 is 1.27 bits per heavy atom. The first-order valence-electron chi connectivity index (χ1n) is 10.1. The highest BCUT2D eigenvalue weighted by atomic mass is 35.5. The van der Waals surface area contributed by atoms with Gasteiger partial charge in [-0.1, -0.05) is 17.7 Å². The Morgan fingerprint density at radius 2 is 2.00 bits per heavy atom. The van der Waals surface area contributed by atoms with Gasteiger partial charge in [-0.3, -0.25) is 14.4 Å². The maximum absolute atomic E-state index is 14.2. The summed E-state index contributed by atoms with van der Waals surface area (Å²) in [5, 5.41) is 11.9. The number of alkyl halides is 2. The number of nitrogens with one attached hydrogen (secondary N) is 1. The van der Waals surface area contributed by atoms with Crippen molar-refractivity contribution in [1.29, 1.82) is 0 Å². The molecule has 2 amide bonds. The van der Waals surface area contributed by atoms with Gasteiger partial charge in [0.05, 0.1) is 6.04 Å². The van der Waals surface area contributed by atoms with Crippen molar-refractivity contribution in [2.24, 2.45) is 5.92 Å². The average molecular weight is 486 g/mol. The highest BCUT2D eigenvalue weighted by Crippen LogP contribution is 2.53. The zero-order chi connectivity index (χ0) is 23.8. The standard InChI is InChI=1S/C21H16ClF4N3O4/c22-14-12(23)2-1-8(15(14)24)5-27-19(32)10-6-28-7-13-11-3-9(4-21(11,25)26)29(13)20(33)16(28)18(31)17(10)30/h1-2,6,9,11,13,31H,3-5,7H2,(H,27,32)/t9?,11?,13-/m0/s1. The number of aromatic hydroxyl groups is 1. The number of rotatable bonds is 3. The molecular formula is C21H16ClF4N3O4. The van der Waals surface area contributed by atoms with Crippen molar-refractivity contribution >= 4 is 23.4 Å². The minimum absolute atomic E-state index is 0.117. The number of hydrogen-bond acceptors (Lipinski definition) is 4. The summed E-state index contributed by atoms with van der Waals surface area (Å²) in [5.74, 6) is -8.73. The largest absolute Gasteiger partial charge is 0.503 e. The lowest BCUT2D eigenvalue weighted by Crippen LogP contribution is -2.56. The van der Waals surface area contributed by atoms with Crippen molar-refractivity contribution in [3.8, 4) is 5.75 Å². The molecule has 3 atom stereocenters. The number of aromatic nitrogens is 1. The van der Waals surface area contributed by atoms with Crippen molar-refractivity contribution in [2.75, 3.05) is 0 Å². The van der Waals surface area contributed by atoms with Crippen LogP contribution in [0.15, 0.2) is 23.1 Å². The summed E-state index contributed by atoms with van der Waals surface area (Å²) in [7, 11) is 0. The van der Waals surface area contributed by atoms with Crippen LogP contribution in [0.1, 0.15) is 39.3 Å². The quantitative estimate of drug-likeness (QED) is 0.516. The summed E-state index contributed by atoms with van der Waals surface area (Å²) in [6.07, 6.45) is 0.692. The fraction of sp³-hybridized carbons (Fsp3) is 0.381. The van der Waals surface area contributed by atoms with Crippen LogP contribution in [-0.2, 0) is 13.1 Å². The summed E-state index contributed by atoms with van der Waals surface area (Å²) < 4.78 is 57.0. The molecule has 174 valence electrons. The fourth-order valence-corrected chi connectivity index (χ4v) is 5.32. The molecule has 1 saturated carbocycles. The van der Waals surface area contributed by atoms with E-state index in [2.05, 4.69) is 5.32 Å². The van der Waals surface area contributed by atoms with E-state index in [9.17, 15) is 37.1 Å². The molecule has 3 heterocycles. The molecule has 2 aromatic rings. The number of carbonyl (C=O) groups excluding carboxylic acids is 2. The molecule has 2 N–H and O–H groups in total. The molecule has 5 rings (SSSR count). The molecule has 2 unspecified atom stereocenters. The highest BCUT2D eigenvalue weighted by Gasteiger charge is 2.63. The lowest BCUT2D eigenvalue weighted by Gasteiger charge is -2.42. The summed E-state index contributed by atoms with van der Waals surface area (Å²) in [6, 6.07) is 0.476. The van der Waals surface area contributed by atoms with Gasteiger partial charge in [0.15, 0.2) is 11.4 Å². The number of fused-ring (bicyclic) bond motifs is 6. The Kier molecular flexibility index (Phi) is 4.75. The predicted octanol–water partition coefficient (Wildman–Crippen LogP) is 2.67. The lowest BCUT2D eigenvalue weighted by atomic mass is 9.92. The van der Waals surface area contributed by atoms with Gasteiger partial charge in [0.1, 0.15) is 22.2 Å². The van der Waals surface area contributed by atoms with E-state index in [-0.39, 0.29) is 24.2 Å². The predicted molar refractivity (Wildman–Crippen MR) is 106 cm³/mol. The van der Waals surface area contributed by atoms with Gasteiger partial charge >= 0.3 is 0 Å². The molecule has 1 aliphatic carbocycles. The number of hydrogen-bond donors (Lipinski definition) is 2. The smallest absolute Gasteiger partial charge is 0.275 e. The maximum atomic E-state index is 14.2. The number of benzene rings is 1. The van der Waals surface area contributed by atoms with E-state index in [1.54, 1.807) is 0 Å². The second-order valence-electron chi connectivity index (χ2n) is 8.48. The van der Waals surface area contributed by atoms with Crippen LogP contribution in [0.3, 0.4) is 0 Å². The number of halogens is 5. The topological polar surface area (TPSA) is 91.6 Å². The van der Waals surface area contributed by atoms with Gasteiger partial charge in [0, 0.05) is 43.2 Å². The van der Waals surface area contributed by atoms with Gasteiger partial charge in [-0.25, -0.2) is 17.6 Å². The van der Waals surface area contributed by atoms with E-state index in [1.165, 1.54) is 4.90 Å². The zero-order valence-electron chi connectivity index (χ0n) is 16.7. The second kappa shape index (κ2) is 7.21. The van der Waals surface area contributed by atoms with Crippen molar-refractivity contribution in [1.82, 2.24) is 14.8 Å². The minimum atomic E-state index is -2.93. The number of pyridine rings is 1. The van der Waals surface area contributed by atoms with Crippen LogP contribution in [0.5, 0.6) is 5.75 Å². The second-order valence-corrected chi connectivity index (χ2v) is 8.86. The molecule has 33 heavy (non-hydrogen) atoms. The molecule has 2 aliphatic heterocycles. The zero-order valence-corrected chi connectivity index (χ0v) is 17.5. The molecule has 2 bridgehead atoms. The normalized spacial score (nSPS) is 24.6. The lowest BCUT2D eigenvalue weighted by molar-refractivity contribution is -0.0887. The summed E-state index contributed by atoms with van der Waals surface area (Å²) in [6.45, 7) is -0.563. The third kappa shape index (κ3) is 3.12. The van der Waals surface area contributed by atoms with Gasteiger partial charge in [-0.05, 0) is 12.5 Å². The first-order valence-corrected chi connectivity index (χ1v) is 10.5. The van der Waals surface area contributed by atoms with Crippen LogP contribution in [0.4, 0.5) is 17.6 Å². The Morgan fingerprint density at radius 3 is 2.73 bits per heavy atom. The Balaban J connectivity index is 1.45. The van der Waals surface area contributed by atoms with E-state index in [4.69, 9.17) is 11.6 Å². The van der Waals surface area contributed by atoms with E-state index in [0.717, 1.165) is 22.9 Å². The first kappa shape index (κ1) is 21.7. The maximum Gasteiger partial charge on any atom is 0.275 e. The van der Waals surface area contributed by atoms with E-state index in [0.29, 0.717) is 0 Å². The number of piperidine rings is 1. The van der Waals surface area contributed by atoms with E-state index < -0.39 is 82.1 Å². The van der Waals surface area contributed by atoms with Crippen molar-refractivity contribution in [3.05, 3.63) is 62.0 Å². The molecule has 3 aliphatic rings. The molecule has 2 fully saturated rings. The Hall–Kier alpha value is -3.08. The van der Waals surface area contributed by atoms with Crippen LogP contribution in [0.2, 0.25) is 5.02 Å². The molecular weight excluding hydrogens is 470 g/mol. The van der Waals surface area contributed by atoms with Gasteiger partial charge in [0.25, 0.3) is 17.7 Å². The third-order valence-electron chi connectivity index (χ3n) is 6.67. The first-order chi connectivity index (χ1) is 15.5. The average Bonchev–Trinajstić information content (AvgIpc) is 3.27. The van der Waals surface area contributed by atoms with Crippen LogP contribution in [-0.4, -0.2) is 44.4 Å². The fourth-order valence-electron chi connectivity index (χ4n) is 5.14. The van der Waals surface area contributed by atoms with Crippen molar-refractivity contribution < 1.29 is 32.3 Å². The van der Waals surface area contributed by atoms with E-state index >= 15 is 0 Å². The van der Waals surface area contributed by atoms with Crippen LogP contribution in [0.25, 0.3) is 0 Å². The van der Waals surface area contributed by atoms with Gasteiger partial charge in [0.2, 0.25) is 5.43 Å². The molecule has 1 saturated heterocycles. The van der Waals surface area contributed by atoms with Crippen molar-refractivity contribution in [3.63, 3.8) is 0 Å². The van der Waals surface area contributed by atoms with Crippen LogP contribution >= 0.6 is 11.6 Å². The Bertz CT molecular complexity index is 1280. The molecule has 1 aromatic heterocycles. The molecule has 0 radical (unpaired) electrons. The van der Waals surface area contributed by atoms with Gasteiger partial charge < -0.3 is 19.9 Å². The monoisotopic (exact) mass is 485 g/mol. The van der Waals surface area contributed by atoms with Crippen LogP contribution in [0, 0.1) is 17.6 Å². The van der Waals surface area contributed by atoms with Gasteiger partial charge in [-0.15, -0.1) is 0 Å². The molecule has 1 aromatic carbocycles. The SMILES string of the molecule is O=C(NCc1ccc(F)c(Cl)c1F)c1cn2c(c(O)c1=O)C(=O)N1C3CC([C@@H]1C2)C(F)(F)C3. The van der Waals surface area contributed by atoms with Crippen molar-refractivity contribution in [2.45, 2.75) is 43.9 Å². The van der Waals surface area contributed by atoms with Gasteiger partial charge in [-0.2, -0.15) is 0 Å². The summed E-state index contributed by atoms with van der Waals surface area (Å²) in [5.41, 5.74) is -2.19. The summed E-state index contributed by atoms with van der Waals surface area (Å²) in [4.78, 5) is 39.4. The third-order valence-corrected chi connectivity index (χ3v) is 7.01. The number of nitrogens with zero attached hydrogens (tertiary/aromatic N) is 2. The summed E-state index contributed by atoms with van der Waals surface area (Å²) >= 11 is 5.51.